The molecule has 0 heterocycles. The maximum absolute atomic E-state index is 12.2. The van der Waals surface area contributed by atoms with Crippen molar-refractivity contribution in [2.24, 2.45) is 17.3 Å². The van der Waals surface area contributed by atoms with Gasteiger partial charge in [0, 0.05) is 23.7 Å². The fraction of sp³-hybridized carbons (Fsp3) is 0.533. The van der Waals surface area contributed by atoms with Crippen LogP contribution in [-0.4, -0.2) is 16.9 Å². The molecule has 20 heavy (non-hydrogen) atoms. The monoisotopic (exact) mass is 274 g/mol. The molecule has 3 fully saturated rings. The summed E-state index contributed by atoms with van der Waals surface area (Å²) in [5.41, 5.74) is 0.830. The van der Waals surface area contributed by atoms with E-state index in [1.165, 1.54) is 30.7 Å². The summed E-state index contributed by atoms with van der Waals surface area (Å²) in [7, 11) is 0. The van der Waals surface area contributed by atoms with E-state index < -0.39 is 4.92 Å². The average molecular weight is 274 g/mol. The number of amides is 1. The topological polar surface area (TPSA) is 72.2 Å². The van der Waals surface area contributed by atoms with Gasteiger partial charge in [-0.25, -0.2) is 0 Å². The number of rotatable bonds is 3. The molecule has 1 amide bonds. The first kappa shape index (κ1) is 13.1. The summed E-state index contributed by atoms with van der Waals surface area (Å²) in [5, 5.41) is 13.7. The molecule has 106 valence electrons. The second-order valence-electron chi connectivity index (χ2n) is 6.48. The van der Waals surface area contributed by atoms with Crippen molar-refractivity contribution in [3.63, 3.8) is 0 Å². The van der Waals surface area contributed by atoms with Crippen molar-refractivity contribution in [2.45, 2.75) is 32.7 Å². The van der Waals surface area contributed by atoms with Crippen molar-refractivity contribution < 1.29 is 9.72 Å². The minimum absolute atomic E-state index is 0.00538. The highest BCUT2D eigenvalue weighted by Crippen LogP contribution is 2.61. The Hall–Kier alpha value is -1.91. The molecule has 5 nitrogen and oxygen atoms in total. The van der Waals surface area contributed by atoms with Crippen LogP contribution in [0.1, 0.15) is 37.0 Å². The van der Waals surface area contributed by atoms with Gasteiger partial charge >= 0.3 is 0 Å². The van der Waals surface area contributed by atoms with Crippen LogP contribution < -0.4 is 5.32 Å². The SMILES string of the molecule is CC1(C)[C@@H]2C[C@@H]1[C@H](NC(=O)c1ccc([N+](=O)[O-])cc1)C2. The minimum atomic E-state index is -0.462. The lowest BCUT2D eigenvalue weighted by atomic mass is 9.61. The van der Waals surface area contributed by atoms with Gasteiger partial charge in [-0.2, -0.15) is 0 Å². The van der Waals surface area contributed by atoms with Crippen LogP contribution in [0.15, 0.2) is 24.3 Å². The number of non-ortho nitro benzene ring substituents is 1. The predicted octanol–water partition coefficient (Wildman–Crippen LogP) is 2.76. The molecule has 0 radical (unpaired) electrons. The van der Waals surface area contributed by atoms with Gasteiger partial charge in [0.1, 0.15) is 0 Å². The van der Waals surface area contributed by atoms with Crippen molar-refractivity contribution in [1.82, 2.24) is 5.32 Å². The molecule has 0 unspecified atom stereocenters. The molecule has 1 N–H and O–H groups in total. The summed E-state index contributed by atoms with van der Waals surface area (Å²) in [6.45, 7) is 4.54. The fourth-order valence-electron chi connectivity index (χ4n) is 3.76. The Kier molecular flexibility index (Phi) is 2.81. The Morgan fingerprint density at radius 1 is 1.30 bits per heavy atom. The third-order valence-corrected chi connectivity index (χ3v) is 5.23. The molecule has 2 bridgehead atoms. The molecular weight excluding hydrogens is 256 g/mol. The van der Waals surface area contributed by atoms with E-state index in [-0.39, 0.29) is 17.6 Å². The molecular formula is C15H18N2O3. The Labute approximate surface area is 117 Å². The molecule has 1 aromatic carbocycles. The van der Waals surface area contributed by atoms with E-state index in [9.17, 15) is 14.9 Å². The van der Waals surface area contributed by atoms with Gasteiger partial charge in [-0.15, -0.1) is 0 Å². The van der Waals surface area contributed by atoms with Crippen molar-refractivity contribution in [3.05, 3.63) is 39.9 Å². The molecule has 3 aliphatic carbocycles. The smallest absolute Gasteiger partial charge is 0.269 e. The Balaban J connectivity index is 1.67. The molecule has 0 saturated heterocycles. The molecule has 1 aromatic rings. The number of hydrogen-bond donors (Lipinski definition) is 1. The maximum Gasteiger partial charge on any atom is 0.269 e. The number of benzene rings is 1. The molecule has 3 atom stereocenters. The lowest BCUT2D eigenvalue weighted by molar-refractivity contribution is -0.384. The van der Waals surface area contributed by atoms with Crippen LogP contribution in [0, 0.1) is 27.4 Å². The molecule has 4 rings (SSSR count). The van der Waals surface area contributed by atoms with E-state index in [0.717, 1.165) is 12.3 Å². The molecule has 0 aliphatic heterocycles. The summed E-state index contributed by atoms with van der Waals surface area (Å²) >= 11 is 0. The first-order chi connectivity index (χ1) is 9.39. The second kappa shape index (κ2) is 4.30. The third-order valence-electron chi connectivity index (χ3n) is 5.23. The van der Waals surface area contributed by atoms with E-state index >= 15 is 0 Å². The number of carbonyl (C=O) groups excluding carboxylic acids is 1. The van der Waals surface area contributed by atoms with Crippen LogP contribution in [0.3, 0.4) is 0 Å². The van der Waals surface area contributed by atoms with E-state index in [1.54, 1.807) is 0 Å². The first-order valence-electron chi connectivity index (χ1n) is 6.95. The molecule has 5 heteroatoms. The zero-order chi connectivity index (χ0) is 14.5. The van der Waals surface area contributed by atoms with Gasteiger partial charge in [0.25, 0.3) is 11.6 Å². The number of carbonyl (C=O) groups is 1. The van der Waals surface area contributed by atoms with Crippen LogP contribution in [-0.2, 0) is 0 Å². The van der Waals surface area contributed by atoms with Gasteiger partial charge in [0.2, 0.25) is 0 Å². The van der Waals surface area contributed by atoms with Gasteiger partial charge in [0.05, 0.1) is 4.92 Å². The number of fused-ring (bicyclic) bond motifs is 1. The van der Waals surface area contributed by atoms with Crippen LogP contribution in [0.5, 0.6) is 0 Å². The third kappa shape index (κ3) is 1.88. The summed E-state index contributed by atoms with van der Waals surface area (Å²) in [5.74, 6) is 1.15. The Morgan fingerprint density at radius 3 is 2.40 bits per heavy atom. The highest BCUT2D eigenvalue weighted by atomic mass is 16.6. The van der Waals surface area contributed by atoms with E-state index in [0.29, 0.717) is 16.9 Å². The molecule has 0 spiro atoms. The summed E-state index contributed by atoms with van der Waals surface area (Å²) in [4.78, 5) is 22.3. The number of nitro benzene ring substituents is 1. The maximum atomic E-state index is 12.2. The zero-order valence-corrected chi connectivity index (χ0v) is 11.6. The van der Waals surface area contributed by atoms with Gasteiger partial charge in [-0.1, -0.05) is 13.8 Å². The number of hydrogen-bond acceptors (Lipinski definition) is 3. The highest BCUT2D eigenvalue weighted by Gasteiger charge is 2.58. The van der Waals surface area contributed by atoms with Gasteiger partial charge in [-0.05, 0) is 42.2 Å². The Morgan fingerprint density at radius 2 is 1.95 bits per heavy atom. The first-order valence-corrected chi connectivity index (χ1v) is 6.95. The Bertz CT molecular complexity index is 565. The van der Waals surface area contributed by atoms with Crippen molar-refractivity contribution in [2.75, 3.05) is 0 Å². The van der Waals surface area contributed by atoms with E-state index in [2.05, 4.69) is 19.2 Å². The lowest BCUT2D eigenvalue weighted by Crippen LogP contribution is -2.44. The second-order valence-corrected chi connectivity index (χ2v) is 6.48. The predicted molar refractivity (Wildman–Crippen MR) is 74.3 cm³/mol. The molecule has 3 saturated carbocycles. The highest BCUT2D eigenvalue weighted by molar-refractivity contribution is 5.94. The average Bonchev–Trinajstić information content (AvgIpc) is 2.94. The zero-order valence-electron chi connectivity index (χ0n) is 11.6. The summed E-state index contributed by atoms with van der Waals surface area (Å²) < 4.78 is 0. The summed E-state index contributed by atoms with van der Waals surface area (Å²) in [6.07, 6.45) is 2.26. The van der Waals surface area contributed by atoms with Gasteiger partial charge in [0.15, 0.2) is 0 Å². The van der Waals surface area contributed by atoms with Crippen molar-refractivity contribution in [3.8, 4) is 0 Å². The molecule has 3 aliphatic rings. The number of nitrogens with zero attached hydrogens (tertiary/aromatic N) is 1. The quantitative estimate of drug-likeness (QED) is 0.680. The summed E-state index contributed by atoms with van der Waals surface area (Å²) in [6, 6.07) is 6.01. The molecule has 0 aromatic heterocycles. The van der Waals surface area contributed by atoms with E-state index in [1.807, 2.05) is 0 Å². The van der Waals surface area contributed by atoms with E-state index in [4.69, 9.17) is 0 Å². The van der Waals surface area contributed by atoms with Gasteiger partial charge in [-0.3, -0.25) is 14.9 Å². The lowest BCUT2D eigenvalue weighted by Gasteiger charge is -2.45. The number of nitrogens with one attached hydrogen (secondary N) is 1. The van der Waals surface area contributed by atoms with Gasteiger partial charge < -0.3 is 5.32 Å². The fourth-order valence-corrected chi connectivity index (χ4v) is 3.76. The van der Waals surface area contributed by atoms with Crippen LogP contribution in [0.2, 0.25) is 0 Å². The van der Waals surface area contributed by atoms with Crippen LogP contribution >= 0.6 is 0 Å². The van der Waals surface area contributed by atoms with Crippen molar-refractivity contribution >= 4 is 11.6 Å². The van der Waals surface area contributed by atoms with Crippen molar-refractivity contribution in [1.29, 1.82) is 0 Å². The normalized spacial score (nSPS) is 29.6. The van der Waals surface area contributed by atoms with Crippen LogP contribution in [0.25, 0.3) is 0 Å². The standard InChI is InChI=1S/C15H18N2O3/c1-15(2)10-7-12(15)13(8-10)16-14(18)9-3-5-11(6-4-9)17(19)20/h3-6,10,12-13H,7-8H2,1-2H3,(H,16,18)/t10-,12-,13-/m1/s1. The minimum Gasteiger partial charge on any atom is -0.349 e. The van der Waals surface area contributed by atoms with Crippen LogP contribution in [0.4, 0.5) is 5.69 Å². The largest absolute Gasteiger partial charge is 0.349 e. The number of nitro groups is 1.